The minimum absolute atomic E-state index is 0.213. The van der Waals surface area contributed by atoms with Crippen molar-refractivity contribution >= 4 is 0 Å². The Bertz CT molecular complexity index is 506. The highest BCUT2D eigenvalue weighted by atomic mass is 19.4. The summed E-state index contributed by atoms with van der Waals surface area (Å²) in [5.41, 5.74) is 0.784. The second kappa shape index (κ2) is 5.36. The Morgan fingerprint density at radius 1 is 1.16 bits per heavy atom. The minimum Gasteiger partial charge on any atom is -0.467 e. The molecule has 1 aromatic heterocycles. The fourth-order valence-corrected chi connectivity index (χ4v) is 1.79. The van der Waals surface area contributed by atoms with Crippen LogP contribution in [0.2, 0.25) is 0 Å². The quantitative estimate of drug-likeness (QED) is 0.924. The van der Waals surface area contributed by atoms with Gasteiger partial charge >= 0.3 is 6.36 Å². The van der Waals surface area contributed by atoms with Crippen LogP contribution in [0, 0.1) is 0 Å². The fraction of sp³-hybridized carbons (Fsp3) is 0.231. The molecular formula is C13H12F3NO2. The molecule has 1 heterocycles. The van der Waals surface area contributed by atoms with E-state index in [1.807, 2.05) is 0 Å². The Kier molecular flexibility index (Phi) is 3.80. The van der Waals surface area contributed by atoms with E-state index in [-0.39, 0.29) is 11.8 Å². The Morgan fingerprint density at radius 2 is 1.84 bits per heavy atom. The van der Waals surface area contributed by atoms with Gasteiger partial charge in [0.2, 0.25) is 0 Å². The van der Waals surface area contributed by atoms with Crippen LogP contribution in [-0.4, -0.2) is 13.4 Å². The Balaban J connectivity index is 2.17. The third-order valence-corrected chi connectivity index (χ3v) is 2.56. The second-order valence-corrected chi connectivity index (χ2v) is 3.85. The van der Waals surface area contributed by atoms with E-state index in [4.69, 9.17) is 4.42 Å². The molecule has 1 unspecified atom stereocenters. The van der Waals surface area contributed by atoms with E-state index in [9.17, 15) is 13.2 Å². The summed E-state index contributed by atoms with van der Waals surface area (Å²) < 4.78 is 45.2. The van der Waals surface area contributed by atoms with Crippen molar-refractivity contribution in [3.63, 3.8) is 0 Å². The lowest BCUT2D eigenvalue weighted by atomic mass is 10.0. The molecule has 0 spiro atoms. The van der Waals surface area contributed by atoms with Crippen LogP contribution in [0.1, 0.15) is 17.4 Å². The van der Waals surface area contributed by atoms with Crippen LogP contribution >= 0.6 is 0 Å². The summed E-state index contributed by atoms with van der Waals surface area (Å²) in [4.78, 5) is 0. The monoisotopic (exact) mass is 271 g/mol. The third-order valence-electron chi connectivity index (χ3n) is 2.56. The van der Waals surface area contributed by atoms with Crippen molar-refractivity contribution in [3.8, 4) is 5.75 Å². The Hall–Kier alpha value is -1.95. The second-order valence-electron chi connectivity index (χ2n) is 3.85. The summed E-state index contributed by atoms with van der Waals surface area (Å²) in [7, 11) is 1.74. The molecule has 0 aliphatic heterocycles. The molecule has 1 N–H and O–H groups in total. The van der Waals surface area contributed by atoms with Crippen molar-refractivity contribution in [2.45, 2.75) is 12.4 Å². The SMILES string of the molecule is CNC(c1ccc(OC(F)(F)F)cc1)c1ccco1. The molecular weight excluding hydrogens is 259 g/mol. The molecule has 102 valence electrons. The van der Waals surface area contributed by atoms with Gasteiger partial charge in [-0.1, -0.05) is 12.1 Å². The molecule has 1 atom stereocenters. The average Bonchev–Trinajstić information content (AvgIpc) is 2.84. The zero-order valence-corrected chi connectivity index (χ0v) is 10.1. The fourth-order valence-electron chi connectivity index (χ4n) is 1.79. The van der Waals surface area contributed by atoms with Gasteiger partial charge in [-0.25, -0.2) is 0 Å². The van der Waals surface area contributed by atoms with Gasteiger partial charge in [-0.05, 0) is 36.9 Å². The lowest BCUT2D eigenvalue weighted by Gasteiger charge is -2.15. The minimum atomic E-state index is -4.68. The van der Waals surface area contributed by atoms with Gasteiger partial charge in [0, 0.05) is 0 Å². The predicted octanol–water partition coefficient (Wildman–Crippen LogP) is 3.49. The maximum Gasteiger partial charge on any atom is 0.573 e. The molecule has 0 fully saturated rings. The predicted molar refractivity (Wildman–Crippen MR) is 62.7 cm³/mol. The molecule has 19 heavy (non-hydrogen) atoms. The van der Waals surface area contributed by atoms with E-state index >= 15 is 0 Å². The summed E-state index contributed by atoms with van der Waals surface area (Å²) in [6.45, 7) is 0. The van der Waals surface area contributed by atoms with Gasteiger partial charge in [-0.15, -0.1) is 13.2 Å². The average molecular weight is 271 g/mol. The van der Waals surface area contributed by atoms with E-state index in [0.29, 0.717) is 5.76 Å². The maximum absolute atomic E-state index is 12.0. The van der Waals surface area contributed by atoms with Gasteiger partial charge in [0.25, 0.3) is 0 Å². The lowest BCUT2D eigenvalue weighted by Crippen LogP contribution is -2.18. The molecule has 2 aromatic rings. The van der Waals surface area contributed by atoms with Crippen LogP contribution in [0.3, 0.4) is 0 Å². The van der Waals surface area contributed by atoms with Gasteiger partial charge in [-0.3, -0.25) is 0 Å². The molecule has 0 radical (unpaired) electrons. The molecule has 0 amide bonds. The first-order valence-electron chi connectivity index (χ1n) is 5.56. The molecule has 0 saturated heterocycles. The first-order valence-corrected chi connectivity index (χ1v) is 5.56. The van der Waals surface area contributed by atoms with Crippen molar-refractivity contribution < 1.29 is 22.3 Å². The molecule has 0 aliphatic rings. The summed E-state index contributed by atoms with van der Waals surface area (Å²) in [5.74, 6) is 0.442. The van der Waals surface area contributed by atoms with Gasteiger partial charge in [0.1, 0.15) is 11.5 Å². The number of nitrogens with one attached hydrogen (secondary N) is 1. The number of furan rings is 1. The van der Waals surface area contributed by atoms with E-state index in [1.165, 1.54) is 12.1 Å². The smallest absolute Gasteiger partial charge is 0.467 e. The normalized spacial score (nSPS) is 13.3. The third kappa shape index (κ3) is 3.51. The number of benzene rings is 1. The summed E-state index contributed by atoms with van der Waals surface area (Å²) in [5, 5.41) is 3.03. The number of alkyl halides is 3. The van der Waals surface area contributed by atoms with Crippen molar-refractivity contribution in [2.24, 2.45) is 0 Å². The van der Waals surface area contributed by atoms with Crippen LogP contribution in [0.15, 0.2) is 47.1 Å². The Labute approximate surface area is 108 Å². The van der Waals surface area contributed by atoms with Gasteiger partial charge in [0.05, 0.1) is 12.3 Å². The van der Waals surface area contributed by atoms with Crippen LogP contribution in [0.4, 0.5) is 13.2 Å². The van der Waals surface area contributed by atoms with Crippen molar-refractivity contribution in [3.05, 3.63) is 54.0 Å². The highest BCUT2D eigenvalue weighted by Gasteiger charge is 2.31. The zero-order valence-electron chi connectivity index (χ0n) is 10.1. The van der Waals surface area contributed by atoms with Gasteiger partial charge in [0.15, 0.2) is 0 Å². The number of rotatable bonds is 4. The van der Waals surface area contributed by atoms with E-state index in [0.717, 1.165) is 5.56 Å². The number of hydrogen-bond donors (Lipinski definition) is 1. The molecule has 2 rings (SSSR count). The standard InChI is InChI=1S/C13H12F3NO2/c1-17-12(11-3-2-8-18-11)9-4-6-10(7-5-9)19-13(14,15)16/h2-8,12,17H,1H3. The van der Waals surface area contributed by atoms with E-state index in [1.54, 1.807) is 37.6 Å². The number of halogens is 3. The molecule has 3 nitrogen and oxygen atoms in total. The summed E-state index contributed by atoms with van der Waals surface area (Å²) >= 11 is 0. The van der Waals surface area contributed by atoms with Crippen molar-refractivity contribution in [2.75, 3.05) is 7.05 Å². The molecule has 1 aromatic carbocycles. The zero-order chi connectivity index (χ0) is 13.9. The van der Waals surface area contributed by atoms with E-state index < -0.39 is 6.36 Å². The summed E-state index contributed by atoms with van der Waals surface area (Å²) in [6, 6.07) is 9.00. The summed E-state index contributed by atoms with van der Waals surface area (Å²) in [6.07, 6.45) is -3.13. The van der Waals surface area contributed by atoms with Crippen LogP contribution in [0.25, 0.3) is 0 Å². The first-order chi connectivity index (χ1) is 8.99. The molecule has 0 aliphatic carbocycles. The Morgan fingerprint density at radius 3 is 2.32 bits per heavy atom. The first kappa shape index (κ1) is 13.5. The molecule has 6 heteroatoms. The molecule has 0 saturated carbocycles. The lowest BCUT2D eigenvalue weighted by molar-refractivity contribution is -0.274. The van der Waals surface area contributed by atoms with Crippen LogP contribution in [-0.2, 0) is 0 Å². The van der Waals surface area contributed by atoms with Crippen LogP contribution < -0.4 is 10.1 Å². The number of ether oxygens (including phenoxy) is 1. The largest absolute Gasteiger partial charge is 0.573 e. The van der Waals surface area contributed by atoms with Gasteiger partial charge in [-0.2, -0.15) is 0 Å². The van der Waals surface area contributed by atoms with Crippen molar-refractivity contribution in [1.29, 1.82) is 0 Å². The van der Waals surface area contributed by atoms with Gasteiger partial charge < -0.3 is 14.5 Å². The maximum atomic E-state index is 12.0. The molecule has 0 bridgehead atoms. The highest BCUT2D eigenvalue weighted by molar-refractivity contribution is 5.32. The number of hydrogen-bond acceptors (Lipinski definition) is 3. The topological polar surface area (TPSA) is 34.4 Å². The van der Waals surface area contributed by atoms with Crippen LogP contribution in [0.5, 0.6) is 5.75 Å². The highest BCUT2D eigenvalue weighted by Crippen LogP contribution is 2.27. The van der Waals surface area contributed by atoms with E-state index in [2.05, 4.69) is 10.1 Å². The van der Waals surface area contributed by atoms with Crippen molar-refractivity contribution in [1.82, 2.24) is 5.32 Å².